The van der Waals surface area contributed by atoms with Crippen LogP contribution in [-0.4, -0.2) is 28.1 Å². The van der Waals surface area contributed by atoms with E-state index in [0.717, 1.165) is 5.56 Å². The number of halogens is 1. The Hall–Kier alpha value is -2.44. The van der Waals surface area contributed by atoms with Crippen LogP contribution in [0.15, 0.2) is 48.5 Å². The number of nitro benzene ring substituents is 1. The van der Waals surface area contributed by atoms with Crippen molar-refractivity contribution in [2.75, 3.05) is 6.54 Å². The molecule has 132 valence electrons. The lowest BCUT2D eigenvalue weighted by atomic mass is 9.96. The molecule has 0 aromatic heterocycles. The second kappa shape index (κ2) is 8.09. The molecule has 0 heterocycles. The molecule has 25 heavy (non-hydrogen) atoms. The van der Waals surface area contributed by atoms with Crippen LogP contribution >= 0.6 is 11.6 Å². The minimum absolute atomic E-state index is 0.0255. The van der Waals surface area contributed by atoms with E-state index in [1.807, 2.05) is 30.3 Å². The van der Waals surface area contributed by atoms with Crippen LogP contribution in [0.2, 0.25) is 5.02 Å². The molecule has 6 nitrogen and oxygen atoms in total. The zero-order valence-electron chi connectivity index (χ0n) is 13.7. The Kier molecular flexibility index (Phi) is 6.12. The van der Waals surface area contributed by atoms with Crippen LogP contribution in [0, 0.1) is 10.1 Å². The summed E-state index contributed by atoms with van der Waals surface area (Å²) in [6.45, 7) is 1.59. The minimum atomic E-state index is -1.14. The van der Waals surface area contributed by atoms with E-state index >= 15 is 0 Å². The number of nitrogens with zero attached hydrogens (tertiary/aromatic N) is 1. The summed E-state index contributed by atoms with van der Waals surface area (Å²) in [7, 11) is 0. The number of aliphatic hydroxyl groups is 1. The van der Waals surface area contributed by atoms with Gasteiger partial charge in [0.05, 0.1) is 10.5 Å². The van der Waals surface area contributed by atoms with Crippen LogP contribution in [0.1, 0.15) is 29.3 Å². The molecule has 1 amide bonds. The molecule has 0 saturated carbocycles. The Morgan fingerprint density at radius 3 is 2.60 bits per heavy atom. The number of nitro groups is 1. The topological polar surface area (TPSA) is 92.5 Å². The lowest BCUT2D eigenvalue weighted by Crippen LogP contribution is -2.41. The van der Waals surface area contributed by atoms with Gasteiger partial charge in [0.15, 0.2) is 0 Å². The fraction of sp³-hybridized carbons (Fsp3) is 0.278. The Morgan fingerprint density at radius 1 is 1.28 bits per heavy atom. The number of amides is 1. The lowest BCUT2D eigenvalue weighted by molar-refractivity contribution is -0.385. The number of benzene rings is 2. The van der Waals surface area contributed by atoms with Gasteiger partial charge in [0, 0.05) is 17.6 Å². The van der Waals surface area contributed by atoms with Crippen molar-refractivity contribution in [1.29, 1.82) is 0 Å². The summed E-state index contributed by atoms with van der Waals surface area (Å²) in [6, 6.07) is 13.5. The van der Waals surface area contributed by atoms with Gasteiger partial charge in [-0.1, -0.05) is 41.9 Å². The van der Waals surface area contributed by atoms with Crippen molar-refractivity contribution in [3.63, 3.8) is 0 Å². The predicted molar refractivity (Wildman–Crippen MR) is 95.8 cm³/mol. The molecule has 0 radical (unpaired) electrons. The van der Waals surface area contributed by atoms with Crippen molar-refractivity contribution in [3.8, 4) is 0 Å². The second-order valence-corrected chi connectivity index (χ2v) is 6.52. The van der Waals surface area contributed by atoms with Gasteiger partial charge in [0.2, 0.25) is 0 Å². The first-order valence-corrected chi connectivity index (χ1v) is 8.15. The molecule has 0 aliphatic carbocycles. The van der Waals surface area contributed by atoms with Gasteiger partial charge in [-0.3, -0.25) is 14.9 Å². The van der Waals surface area contributed by atoms with E-state index in [-0.39, 0.29) is 22.8 Å². The SMILES string of the molecule is CC(O)(CCc1ccccc1)CNC(=O)c1cc(Cl)ccc1[N+](=O)[O-]. The molecule has 0 spiro atoms. The minimum Gasteiger partial charge on any atom is -0.388 e. The third kappa shape index (κ3) is 5.55. The molecule has 7 heteroatoms. The van der Waals surface area contributed by atoms with Gasteiger partial charge in [-0.25, -0.2) is 0 Å². The van der Waals surface area contributed by atoms with E-state index in [0.29, 0.717) is 12.8 Å². The van der Waals surface area contributed by atoms with Gasteiger partial charge in [-0.15, -0.1) is 0 Å². The first kappa shape index (κ1) is 18.9. The van der Waals surface area contributed by atoms with Crippen LogP contribution in [0.25, 0.3) is 0 Å². The van der Waals surface area contributed by atoms with Crippen LogP contribution in [-0.2, 0) is 6.42 Å². The molecular weight excluding hydrogens is 344 g/mol. The highest BCUT2D eigenvalue weighted by atomic mass is 35.5. The normalized spacial score (nSPS) is 13.1. The maximum Gasteiger partial charge on any atom is 0.282 e. The number of hydrogen-bond donors (Lipinski definition) is 2. The Labute approximate surface area is 150 Å². The van der Waals surface area contributed by atoms with Crippen LogP contribution < -0.4 is 5.32 Å². The molecule has 0 aliphatic heterocycles. The van der Waals surface area contributed by atoms with Crippen LogP contribution in [0.4, 0.5) is 5.69 Å². The number of nitrogens with one attached hydrogen (secondary N) is 1. The van der Waals surface area contributed by atoms with Gasteiger partial charge in [0.25, 0.3) is 11.6 Å². The standard InChI is InChI=1S/C18H19ClN2O4/c1-18(23,10-9-13-5-3-2-4-6-13)12-20-17(22)15-11-14(19)7-8-16(15)21(24)25/h2-8,11,23H,9-10,12H2,1H3,(H,20,22). The van der Waals surface area contributed by atoms with Gasteiger partial charge in [0.1, 0.15) is 5.56 Å². The Morgan fingerprint density at radius 2 is 1.96 bits per heavy atom. The highest BCUT2D eigenvalue weighted by Gasteiger charge is 2.25. The van der Waals surface area contributed by atoms with E-state index in [9.17, 15) is 20.0 Å². The van der Waals surface area contributed by atoms with E-state index in [1.165, 1.54) is 18.2 Å². The van der Waals surface area contributed by atoms with Crippen LogP contribution in [0.3, 0.4) is 0 Å². The van der Waals surface area contributed by atoms with Crippen LogP contribution in [0.5, 0.6) is 0 Å². The number of rotatable bonds is 7. The molecule has 1 unspecified atom stereocenters. The third-order valence-corrected chi connectivity index (χ3v) is 4.06. The summed E-state index contributed by atoms with van der Waals surface area (Å²) in [5.41, 5.74) is -0.513. The highest BCUT2D eigenvalue weighted by Crippen LogP contribution is 2.23. The molecule has 2 rings (SSSR count). The monoisotopic (exact) mass is 362 g/mol. The molecule has 1 atom stereocenters. The molecule has 2 N–H and O–H groups in total. The van der Waals surface area contributed by atoms with Crippen molar-refractivity contribution in [2.45, 2.75) is 25.4 Å². The molecule has 0 saturated heterocycles. The average Bonchev–Trinajstić information content (AvgIpc) is 2.58. The van der Waals surface area contributed by atoms with Crippen molar-refractivity contribution in [1.82, 2.24) is 5.32 Å². The molecule has 0 fully saturated rings. The maximum atomic E-state index is 12.3. The van der Waals surface area contributed by atoms with E-state index in [2.05, 4.69) is 5.32 Å². The van der Waals surface area contributed by atoms with Gasteiger partial charge in [-0.05, 0) is 37.5 Å². The maximum absolute atomic E-state index is 12.3. The lowest BCUT2D eigenvalue weighted by Gasteiger charge is -2.23. The first-order chi connectivity index (χ1) is 11.8. The summed E-state index contributed by atoms with van der Waals surface area (Å²) in [5, 5.41) is 24.2. The summed E-state index contributed by atoms with van der Waals surface area (Å²) in [5.74, 6) is -0.644. The number of hydrogen-bond acceptors (Lipinski definition) is 4. The van der Waals surface area contributed by atoms with E-state index in [1.54, 1.807) is 6.92 Å². The molecule has 2 aromatic rings. The quantitative estimate of drug-likeness (QED) is 0.583. The Balaban J connectivity index is 1.99. The second-order valence-electron chi connectivity index (χ2n) is 6.08. The zero-order chi connectivity index (χ0) is 18.4. The fourth-order valence-electron chi connectivity index (χ4n) is 2.36. The van der Waals surface area contributed by atoms with Crippen molar-refractivity contribution < 1.29 is 14.8 Å². The number of carbonyl (C=O) groups excluding carboxylic acids is 1. The largest absolute Gasteiger partial charge is 0.388 e. The van der Waals surface area contributed by atoms with Crippen molar-refractivity contribution in [2.24, 2.45) is 0 Å². The van der Waals surface area contributed by atoms with E-state index in [4.69, 9.17) is 11.6 Å². The third-order valence-electron chi connectivity index (χ3n) is 3.82. The number of aryl methyl sites for hydroxylation is 1. The predicted octanol–water partition coefficient (Wildman–Crippen LogP) is 3.36. The van der Waals surface area contributed by atoms with Crippen molar-refractivity contribution in [3.05, 3.63) is 74.8 Å². The summed E-state index contributed by atoms with van der Waals surface area (Å²) in [6.07, 6.45) is 1.09. The molecule has 0 aliphatic rings. The zero-order valence-corrected chi connectivity index (χ0v) is 14.5. The Bertz CT molecular complexity index is 763. The fourth-order valence-corrected chi connectivity index (χ4v) is 2.53. The van der Waals surface area contributed by atoms with Crippen molar-refractivity contribution >= 4 is 23.2 Å². The summed E-state index contributed by atoms with van der Waals surface area (Å²) >= 11 is 5.82. The van der Waals surface area contributed by atoms with E-state index < -0.39 is 16.4 Å². The molecule has 0 bridgehead atoms. The van der Waals surface area contributed by atoms with Gasteiger partial charge < -0.3 is 10.4 Å². The number of carbonyl (C=O) groups is 1. The first-order valence-electron chi connectivity index (χ1n) is 7.77. The smallest absolute Gasteiger partial charge is 0.282 e. The highest BCUT2D eigenvalue weighted by molar-refractivity contribution is 6.31. The molecule has 2 aromatic carbocycles. The summed E-state index contributed by atoms with van der Waals surface area (Å²) in [4.78, 5) is 22.6. The average molecular weight is 363 g/mol. The molecular formula is C18H19ClN2O4. The summed E-state index contributed by atoms with van der Waals surface area (Å²) < 4.78 is 0. The van der Waals surface area contributed by atoms with Gasteiger partial charge >= 0.3 is 0 Å². The van der Waals surface area contributed by atoms with Gasteiger partial charge in [-0.2, -0.15) is 0 Å².